The van der Waals surface area contributed by atoms with Crippen molar-refractivity contribution < 1.29 is 0 Å². The Balaban J connectivity index is 2.29. The molecule has 1 aromatic carbocycles. The zero-order valence-corrected chi connectivity index (χ0v) is 12.5. The van der Waals surface area contributed by atoms with Gasteiger partial charge in [0.05, 0.1) is 11.2 Å². The van der Waals surface area contributed by atoms with E-state index in [0.717, 1.165) is 16.1 Å². The molecular formula is C13H10N2OS3. The van der Waals surface area contributed by atoms with Crippen molar-refractivity contribution in [2.45, 2.75) is 4.90 Å². The van der Waals surface area contributed by atoms with Crippen LogP contribution in [0.2, 0.25) is 0 Å². The summed E-state index contributed by atoms with van der Waals surface area (Å²) < 4.78 is 2.66. The van der Waals surface area contributed by atoms with Crippen molar-refractivity contribution in [1.29, 1.82) is 0 Å². The molecule has 1 N–H and O–H groups in total. The molecule has 0 saturated carbocycles. The molecule has 0 atom stereocenters. The van der Waals surface area contributed by atoms with Crippen LogP contribution < -0.4 is 5.56 Å². The standard InChI is InChI=1S/C13H10N2OS3/c1-18-9-4-2-8(3-5-9)15-12(16)11-10(6-7-19-11)14-13(15)17/h2-7H,1H3,(H,14,17). The van der Waals surface area contributed by atoms with Gasteiger partial charge in [-0.3, -0.25) is 9.36 Å². The summed E-state index contributed by atoms with van der Waals surface area (Å²) in [4.78, 5) is 16.7. The van der Waals surface area contributed by atoms with Gasteiger partial charge in [-0.2, -0.15) is 0 Å². The first-order chi connectivity index (χ1) is 9.20. The fourth-order valence-corrected chi connectivity index (χ4v) is 3.39. The molecule has 0 fully saturated rings. The molecule has 3 nitrogen and oxygen atoms in total. The van der Waals surface area contributed by atoms with E-state index in [0.29, 0.717) is 9.47 Å². The fourth-order valence-electron chi connectivity index (χ4n) is 1.90. The Morgan fingerprint density at radius 1 is 1.26 bits per heavy atom. The minimum absolute atomic E-state index is 0.0642. The van der Waals surface area contributed by atoms with E-state index in [-0.39, 0.29) is 5.56 Å². The molecule has 0 saturated heterocycles. The number of hydrogen-bond donors (Lipinski definition) is 1. The topological polar surface area (TPSA) is 37.8 Å². The minimum Gasteiger partial charge on any atom is -0.331 e. The number of benzene rings is 1. The van der Waals surface area contributed by atoms with Crippen LogP contribution in [-0.2, 0) is 0 Å². The lowest BCUT2D eigenvalue weighted by molar-refractivity contribution is 0.942. The molecule has 0 amide bonds. The number of fused-ring (bicyclic) bond motifs is 1. The van der Waals surface area contributed by atoms with Crippen LogP contribution in [-0.4, -0.2) is 15.8 Å². The maximum absolute atomic E-state index is 12.4. The van der Waals surface area contributed by atoms with Gasteiger partial charge in [0.25, 0.3) is 5.56 Å². The van der Waals surface area contributed by atoms with Crippen molar-refractivity contribution in [3.05, 3.63) is 50.8 Å². The third-order valence-corrected chi connectivity index (χ3v) is 4.77. The average molecular weight is 306 g/mol. The quantitative estimate of drug-likeness (QED) is 0.577. The van der Waals surface area contributed by atoms with Gasteiger partial charge < -0.3 is 4.98 Å². The van der Waals surface area contributed by atoms with Gasteiger partial charge in [-0.05, 0) is 54.2 Å². The minimum atomic E-state index is -0.0642. The Morgan fingerprint density at radius 2 is 2.00 bits per heavy atom. The van der Waals surface area contributed by atoms with E-state index < -0.39 is 0 Å². The average Bonchev–Trinajstić information content (AvgIpc) is 2.88. The molecule has 0 unspecified atom stereocenters. The number of hydrogen-bond acceptors (Lipinski definition) is 4. The summed E-state index contributed by atoms with van der Waals surface area (Å²) in [5.74, 6) is 0. The molecular weight excluding hydrogens is 296 g/mol. The summed E-state index contributed by atoms with van der Waals surface area (Å²) >= 11 is 8.37. The van der Waals surface area contributed by atoms with Crippen LogP contribution in [0.25, 0.3) is 15.9 Å². The lowest BCUT2D eigenvalue weighted by atomic mass is 10.3. The van der Waals surface area contributed by atoms with Crippen molar-refractivity contribution in [3.63, 3.8) is 0 Å². The van der Waals surface area contributed by atoms with Crippen molar-refractivity contribution >= 4 is 45.5 Å². The Hall–Kier alpha value is -1.37. The van der Waals surface area contributed by atoms with E-state index in [1.807, 2.05) is 42.0 Å². The molecule has 6 heteroatoms. The molecule has 2 aromatic heterocycles. The number of thiophene rings is 1. The molecule has 96 valence electrons. The van der Waals surface area contributed by atoms with Crippen molar-refractivity contribution in [3.8, 4) is 5.69 Å². The van der Waals surface area contributed by atoms with Gasteiger partial charge in [0, 0.05) is 4.90 Å². The van der Waals surface area contributed by atoms with Crippen molar-refractivity contribution in [2.75, 3.05) is 6.26 Å². The molecule has 3 aromatic rings. The molecule has 19 heavy (non-hydrogen) atoms. The Bertz CT molecular complexity index is 843. The highest BCUT2D eigenvalue weighted by molar-refractivity contribution is 7.98. The first-order valence-electron chi connectivity index (χ1n) is 5.57. The van der Waals surface area contributed by atoms with Gasteiger partial charge in [-0.15, -0.1) is 23.1 Å². The van der Waals surface area contributed by atoms with Crippen molar-refractivity contribution in [1.82, 2.24) is 9.55 Å². The number of nitrogens with one attached hydrogen (secondary N) is 1. The zero-order chi connectivity index (χ0) is 13.4. The summed E-state index contributed by atoms with van der Waals surface area (Å²) in [6.07, 6.45) is 2.02. The maximum Gasteiger partial charge on any atom is 0.276 e. The second kappa shape index (κ2) is 4.96. The van der Waals surface area contributed by atoms with Gasteiger partial charge in [0.1, 0.15) is 4.70 Å². The normalized spacial score (nSPS) is 11.0. The van der Waals surface area contributed by atoms with Crippen LogP contribution in [0.5, 0.6) is 0 Å². The number of nitrogens with zero attached hydrogens (tertiary/aromatic N) is 1. The molecule has 0 aliphatic rings. The predicted octanol–water partition coefficient (Wildman–Crippen LogP) is 3.83. The number of aromatic amines is 1. The summed E-state index contributed by atoms with van der Waals surface area (Å²) in [6, 6.07) is 9.67. The first-order valence-corrected chi connectivity index (χ1v) is 8.09. The molecule has 0 aliphatic heterocycles. The number of rotatable bonds is 2. The number of aromatic nitrogens is 2. The van der Waals surface area contributed by atoms with Crippen molar-refractivity contribution in [2.24, 2.45) is 0 Å². The van der Waals surface area contributed by atoms with E-state index in [1.165, 1.54) is 15.9 Å². The molecule has 3 rings (SSSR count). The van der Waals surface area contributed by atoms with Crippen LogP contribution in [0.15, 0.2) is 45.4 Å². The van der Waals surface area contributed by atoms with Crippen LogP contribution in [0.1, 0.15) is 0 Å². The monoisotopic (exact) mass is 306 g/mol. The molecule has 0 radical (unpaired) electrons. The summed E-state index contributed by atoms with van der Waals surface area (Å²) in [5.41, 5.74) is 1.53. The van der Waals surface area contributed by atoms with E-state index in [9.17, 15) is 4.79 Å². The van der Waals surface area contributed by atoms with Crippen LogP contribution >= 0.6 is 35.3 Å². The van der Waals surface area contributed by atoms with Gasteiger partial charge in [-0.1, -0.05) is 0 Å². The first kappa shape index (κ1) is 12.7. The van der Waals surface area contributed by atoms with Gasteiger partial charge in [-0.25, -0.2) is 0 Å². The Morgan fingerprint density at radius 3 is 2.68 bits per heavy atom. The van der Waals surface area contributed by atoms with E-state index in [2.05, 4.69) is 4.98 Å². The third kappa shape index (κ3) is 2.16. The van der Waals surface area contributed by atoms with E-state index in [1.54, 1.807) is 11.8 Å². The van der Waals surface area contributed by atoms with E-state index in [4.69, 9.17) is 12.2 Å². The maximum atomic E-state index is 12.4. The predicted molar refractivity (Wildman–Crippen MR) is 84.4 cm³/mol. The lowest BCUT2D eigenvalue weighted by Gasteiger charge is -2.06. The van der Waals surface area contributed by atoms with Crippen LogP contribution in [0.4, 0.5) is 0 Å². The number of H-pyrrole nitrogens is 1. The second-order valence-corrected chi connectivity index (χ2v) is 6.11. The molecule has 0 bridgehead atoms. The van der Waals surface area contributed by atoms with Crippen LogP contribution in [0.3, 0.4) is 0 Å². The summed E-state index contributed by atoms with van der Waals surface area (Å²) in [5, 5.41) is 1.89. The Labute approximate surface area is 122 Å². The Kier molecular flexibility index (Phi) is 3.30. The molecule has 0 spiro atoms. The lowest BCUT2D eigenvalue weighted by Crippen LogP contribution is -2.19. The largest absolute Gasteiger partial charge is 0.331 e. The smallest absolute Gasteiger partial charge is 0.276 e. The fraction of sp³-hybridized carbons (Fsp3) is 0.0769. The highest BCUT2D eigenvalue weighted by Gasteiger charge is 2.08. The zero-order valence-electron chi connectivity index (χ0n) is 10.0. The van der Waals surface area contributed by atoms with Gasteiger partial charge >= 0.3 is 0 Å². The van der Waals surface area contributed by atoms with Gasteiger partial charge in [0.2, 0.25) is 0 Å². The molecule has 2 heterocycles. The second-order valence-electron chi connectivity index (χ2n) is 3.93. The SMILES string of the molecule is CSc1ccc(-n2c(=S)[nH]c3ccsc3c2=O)cc1. The summed E-state index contributed by atoms with van der Waals surface area (Å²) in [7, 11) is 0. The van der Waals surface area contributed by atoms with E-state index >= 15 is 0 Å². The third-order valence-electron chi connectivity index (χ3n) is 2.84. The van der Waals surface area contributed by atoms with Gasteiger partial charge in [0.15, 0.2) is 4.77 Å². The van der Waals surface area contributed by atoms with Crippen LogP contribution in [0, 0.1) is 4.77 Å². The summed E-state index contributed by atoms with van der Waals surface area (Å²) in [6.45, 7) is 0. The highest BCUT2D eigenvalue weighted by Crippen LogP contribution is 2.19. The highest BCUT2D eigenvalue weighted by atomic mass is 32.2. The molecule has 0 aliphatic carbocycles. The number of thioether (sulfide) groups is 1.